The maximum absolute atomic E-state index is 12.0. The zero-order valence-corrected chi connectivity index (χ0v) is 17.9. The van der Waals surface area contributed by atoms with E-state index in [9.17, 15) is 4.79 Å². The number of carbonyl (C=O) groups is 1. The van der Waals surface area contributed by atoms with Gasteiger partial charge in [0.15, 0.2) is 6.61 Å². The summed E-state index contributed by atoms with van der Waals surface area (Å²) in [4.78, 5) is 12.0. The fourth-order valence-electron chi connectivity index (χ4n) is 2.63. The zero-order valence-electron chi connectivity index (χ0n) is 15.6. The Hall–Kier alpha value is -2.40. The van der Waals surface area contributed by atoms with Crippen LogP contribution in [0.3, 0.4) is 0 Å². The molecule has 0 radical (unpaired) electrons. The Morgan fingerprint density at radius 2 is 1.66 bits per heavy atom. The normalized spacial score (nSPS) is 10.5. The van der Waals surface area contributed by atoms with Crippen molar-refractivity contribution >= 4 is 52.1 Å². The van der Waals surface area contributed by atoms with Gasteiger partial charge >= 0.3 is 0 Å². The Morgan fingerprint density at radius 1 is 0.931 bits per heavy atom. The number of halogens is 3. The second-order valence-electron chi connectivity index (χ2n) is 6.42. The van der Waals surface area contributed by atoms with Gasteiger partial charge in [-0.3, -0.25) is 4.79 Å². The third-order valence-corrected chi connectivity index (χ3v) is 4.95. The quantitative estimate of drug-likeness (QED) is 0.428. The molecule has 1 amide bonds. The van der Waals surface area contributed by atoms with Gasteiger partial charge in [0.2, 0.25) is 0 Å². The fraction of sp³-hybridized carbons (Fsp3) is 0.136. The van der Waals surface area contributed by atoms with Crippen molar-refractivity contribution in [2.75, 3.05) is 17.2 Å². The summed E-state index contributed by atoms with van der Waals surface area (Å²) in [5, 5.41) is 7.79. The number of anilines is 2. The van der Waals surface area contributed by atoms with E-state index in [4.69, 9.17) is 39.5 Å². The first-order valence-electron chi connectivity index (χ1n) is 8.87. The third kappa shape index (κ3) is 6.29. The van der Waals surface area contributed by atoms with Crippen molar-refractivity contribution in [1.82, 2.24) is 0 Å². The van der Waals surface area contributed by atoms with Gasteiger partial charge < -0.3 is 15.4 Å². The highest BCUT2D eigenvalue weighted by Crippen LogP contribution is 2.27. The van der Waals surface area contributed by atoms with Crippen molar-refractivity contribution in [3.8, 4) is 5.75 Å². The summed E-state index contributed by atoms with van der Waals surface area (Å²) in [6.07, 6.45) is 0. The van der Waals surface area contributed by atoms with Crippen LogP contribution in [0.4, 0.5) is 11.4 Å². The van der Waals surface area contributed by atoms with E-state index in [0.717, 1.165) is 16.8 Å². The molecule has 3 rings (SSSR count). The van der Waals surface area contributed by atoms with Crippen molar-refractivity contribution < 1.29 is 9.53 Å². The van der Waals surface area contributed by atoms with Gasteiger partial charge in [0.05, 0.1) is 5.02 Å². The van der Waals surface area contributed by atoms with E-state index >= 15 is 0 Å². The zero-order chi connectivity index (χ0) is 20.8. The Labute approximate surface area is 184 Å². The minimum atomic E-state index is -0.287. The second kappa shape index (κ2) is 9.88. The van der Waals surface area contributed by atoms with E-state index in [1.807, 2.05) is 31.2 Å². The monoisotopic (exact) mass is 448 g/mol. The highest BCUT2D eigenvalue weighted by atomic mass is 35.5. The molecule has 2 N–H and O–H groups in total. The molecule has 0 saturated carbocycles. The van der Waals surface area contributed by atoms with Crippen LogP contribution in [0.5, 0.6) is 5.75 Å². The fourth-order valence-corrected chi connectivity index (χ4v) is 3.18. The summed E-state index contributed by atoms with van der Waals surface area (Å²) in [5.74, 6) is 0.158. The number of rotatable bonds is 7. The molecule has 0 atom stereocenters. The van der Waals surface area contributed by atoms with Crippen LogP contribution in [0.1, 0.15) is 11.1 Å². The molecule has 0 aliphatic rings. The molecule has 0 saturated heterocycles. The molecule has 29 heavy (non-hydrogen) atoms. The van der Waals surface area contributed by atoms with Gasteiger partial charge in [-0.2, -0.15) is 0 Å². The molecule has 3 aromatic rings. The number of carbonyl (C=O) groups excluding carboxylic acids is 1. The molecule has 4 nitrogen and oxygen atoms in total. The molecule has 0 bridgehead atoms. The van der Waals surface area contributed by atoms with Crippen LogP contribution >= 0.6 is 34.8 Å². The molecular weight excluding hydrogens is 431 g/mol. The van der Waals surface area contributed by atoms with Crippen LogP contribution in [-0.2, 0) is 11.3 Å². The average molecular weight is 450 g/mol. The number of nitrogens with one attached hydrogen (secondary N) is 2. The lowest BCUT2D eigenvalue weighted by molar-refractivity contribution is -0.118. The topological polar surface area (TPSA) is 50.4 Å². The molecule has 7 heteroatoms. The van der Waals surface area contributed by atoms with Gasteiger partial charge in [-0.15, -0.1) is 0 Å². The molecule has 0 aromatic heterocycles. The molecule has 0 aliphatic carbocycles. The van der Waals surface area contributed by atoms with Gasteiger partial charge in [0, 0.05) is 28.0 Å². The Bertz CT molecular complexity index is 1010. The Morgan fingerprint density at radius 3 is 2.38 bits per heavy atom. The van der Waals surface area contributed by atoms with Crippen LogP contribution < -0.4 is 15.4 Å². The van der Waals surface area contributed by atoms with Gasteiger partial charge in [-0.05, 0) is 66.6 Å². The van der Waals surface area contributed by atoms with E-state index in [-0.39, 0.29) is 12.5 Å². The number of aryl methyl sites for hydroxylation is 1. The molecule has 0 spiro atoms. The number of amides is 1. The van der Waals surface area contributed by atoms with Crippen molar-refractivity contribution in [1.29, 1.82) is 0 Å². The molecule has 0 fully saturated rings. The summed E-state index contributed by atoms with van der Waals surface area (Å²) in [5.41, 5.74) is 3.69. The predicted molar refractivity (Wildman–Crippen MR) is 121 cm³/mol. The average Bonchev–Trinajstić information content (AvgIpc) is 2.69. The standard InChI is InChI=1S/C22H19Cl3N2O2/c1-14-2-4-17(24)11-20(14)26-12-15-3-9-21(19(25)10-15)29-13-22(28)27-18-7-5-16(23)6-8-18/h2-11,26H,12-13H2,1H3,(H,27,28). The third-order valence-electron chi connectivity index (χ3n) is 4.17. The van der Waals surface area contributed by atoms with Crippen molar-refractivity contribution in [3.05, 3.63) is 86.9 Å². The minimum Gasteiger partial charge on any atom is -0.482 e. The largest absolute Gasteiger partial charge is 0.482 e. The highest BCUT2D eigenvalue weighted by Gasteiger charge is 2.08. The minimum absolute atomic E-state index is 0.151. The van der Waals surface area contributed by atoms with Crippen LogP contribution in [0.2, 0.25) is 15.1 Å². The summed E-state index contributed by atoms with van der Waals surface area (Å²) < 4.78 is 5.54. The first kappa shape index (κ1) is 21.3. The number of hydrogen-bond donors (Lipinski definition) is 2. The number of ether oxygens (including phenoxy) is 1. The Balaban J connectivity index is 1.54. The van der Waals surface area contributed by atoms with E-state index in [1.54, 1.807) is 36.4 Å². The Kier molecular flexibility index (Phi) is 7.26. The maximum atomic E-state index is 12.0. The SMILES string of the molecule is Cc1ccc(Cl)cc1NCc1ccc(OCC(=O)Nc2ccc(Cl)cc2)c(Cl)c1. The summed E-state index contributed by atoms with van der Waals surface area (Å²) >= 11 is 18.2. The summed E-state index contributed by atoms with van der Waals surface area (Å²) in [7, 11) is 0. The molecule has 0 aliphatic heterocycles. The van der Waals surface area contributed by atoms with Crippen molar-refractivity contribution in [3.63, 3.8) is 0 Å². The molecular formula is C22H19Cl3N2O2. The molecule has 3 aromatic carbocycles. The van der Waals surface area contributed by atoms with Crippen molar-refractivity contribution in [2.45, 2.75) is 13.5 Å². The lowest BCUT2D eigenvalue weighted by Crippen LogP contribution is -2.20. The van der Waals surface area contributed by atoms with Gasteiger partial charge in [-0.1, -0.05) is 46.9 Å². The summed E-state index contributed by atoms with van der Waals surface area (Å²) in [6, 6.07) is 18.0. The first-order valence-corrected chi connectivity index (χ1v) is 10.0. The highest BCUT2D eigenvalue weighted by molar-refractivity contribution is 6.32. The van der Waals surface area contributed by atoms with Crippen LogP contribution in [-0.4, -0.2) is 12.5 Å². The molecule has 0 heterocycles. The van der Waals surface area contributed by atoms with E-state index in [2.05, 4.69) is 10.6 Å². The van der Waals surface area contributed by atoms with E-state index in [0.29, 0.717) is 33.0 Å². The second-order valence-corrected chi connectivity index (χ2v) is 7.70. The van der Waals surface area contributed by atoms with E-state index < -0.39 is 0 Å². The number of benzene rings is 3. The van der Waals surface area contributed by atoms with Gasteiger partial charge in [0.1, 0.15) is 5.75 Å². The van der Waals surface area contributed by atoms with Crippen LogP contribution in [0.25, 0.3) is 0 Å². The van der Waals surface area contributed by atoms with Crippen molar-refractivity contribution in [2.24, 2.45) is 0 Å². The van der Waals surface area contributed by atoms with Gasteiger partial charge in [0.25, 0.3) is 5.91 Å². The first-order chi connectivity index (χ1) is 13.9. The summed E-state index contributed by atoms with van der Waals surface area (Å²) in [6.45, 7) is 2.44. The predicted octanol–water partition coefficient (Wildman–Crippen LogP) is 6.58. The van der Waals surface area contributed by atoms with E-state index in [1.165, 1.54) is 0 Å². The lowest BCUT2D eigenvalue weighted by atomic mass is 10.1. The van der Waals surface area contributed by atoms with Crippen LogP contribution in [0.15, 0.2) is 60.7 Å². The molecule has 0 unspecified atom stereocenters. The van der Waals surface area contributed by atoms with Crippen LogP contribution in [0, 0.1) is 6.92 Å². The maximum Gasteiger partial charge on any atom is 0.262 e. The lowest BCUT2D eigenvalue weighted by Gasteiger charge is -2.12. The smallest absolute Gasteiger partial charge is 0.262 e. The molecule has 150 valence electrons. The number of hydrogen-bond acceptors (Lipinski definition) is 3. The van der Waals surface area contributed by atoms with Gasteiger partial charge in [-0.25, -0.2) is 0 Å².